The first-order valence-corrected chi connectivity index (χ1v) is 8.12. The average molecular weight is 378 g/mol. The van der Waals surface area contributed by atoms with Crippen molar-refractivity contribution in [1.82, 2.24) is 19.5 Å². The number of fused-ring (bicyclic) bond motifs is 1. The van der Waals surface area contributed by atoms with Crippen LogP contribution in [0.2, 0.25) is 0 Å². The van der Waals surface area contributed by atoms with Crippen molar-refractivity contribution in [3.05, 3.63) is 18.9 Å². The van der Waals surface area contributed by atoms with Crippen molar-refractivity contribution in [3.63, 3.8) is 0 Å². The van der Waals surface area contributed by atoms with Crippen LogP contribution in [-0.4, -0.2) is 62.3 Å². The summed E-state index contributed by atoms with van der Waals surface area (Å²) in [5.74, 6) is -1.70. The van der Waals surface area contributed by atoms with E-state index in [1.165, 1.54) is 39.6 Å². The molecule has 1 aliphatic heterocycles. The molecule has 2 aromatic rings. The molecule has 0 spiro atoms. The van der Waals surface area contributed by atoms with E-state index in [2.05, 4.69) is 15.0 Å². The van der Waals surface area contributed by atoms with Crippen molar-refractivity contribution in [2.75, 3.05) is 6.61 Å². The Bertz CT molecular complexity index is 867. The first-order chi connectivity index (χ1) is 12.9. The highest BCUT2D eigenvalue weighted by Crippen LogP contribution is 2.35. The van der Waals surface area contributed by atoms with Gasteiger partial charge >= 0.3 is 17.9 Å². The second-order valence-corrected chi connectivity index (χ2v) is 5.90. The molecule has 1 fully saturated rings. The summed E-state index contributed by atoms with van der Waals surface area (Å²) in [6.45, 7) is 3.52. The molecule has 144 valence electrons. The van der Waals surface area contributed by atoms with Crippen LogP contribution in [0.3, 0.4) is 0 Å². The Labute approximate surface area is 153 Å². The zero-order valence-electron chi connectivity index (χ0n) is 14.9. The van der Waals surface area contributed by atoms with Crippen LogP contribution in [0.4, 0.5) is 0 Å². The van der Waals surface area contributed by atoms with Gasteiger partial charge in [-0.05, 0) is 0 Å². The molecule has 1 aliphatic rings. The molecule has 0 aromatic carbocycles. The molecule has 0 amide bonds. The number of rotatable bonds is 5. The zero-order valence-corrected chi connectivity index (χ0v) is 14.9. The SMILES string of the molecule is CC(=O)OC[C@@H]1OC(n2cnc3cncnc32)[C@@H](OC(C)=O)[C@@H]1OC(C)=O. The molecule has 0 bridgehead atoms. The van der Waals surface area contributed by atoms with Gasteiger partial charge in [-0.2, -0.15) is 0 Å². The third kappa shape index (κ3) is 4.03. The van der Waals surface area contributed by atoms with Gasteiger partial charge in [0.15, 0.2) is 24.1 Å². The predicted molar refractivity (Wildman–Crippen MR) is 87.0 cm³/mol. The monoisotopic (exact) mass is 378 g/mol. The lowest BCUT2D eigenvalue weighted by Gasteiger charge is -2.23. The van der Waals surface area contributed by atoms with Crippen LogP contribution < -0.4 is 0 Å². The number of hydrogen-bond donors (Lipinski definition) is 0. The van der Waals surface area contributed by atoms with Crippen LogP contribution in [0.25, 0.3) is 11.2 Å². The molecule has 3 heterocycles. The van der Waals surface area contributed by atoms with Gasteiger partial charge in [-0.1, -0.05) is 0 Å². The summed E-state index contributed by atoms with van der Waals surface area (Å²) in [5.41, 5.74) is 0.956. The second kappa shape index (κ2) is 7.66. The third-order valence-corrected chi connectivity index (χ3v) is 3.85. The average Bonchev–Trinajstić information content (AvgIpc) is 3.15. The molecule has 27 heavy (non-hydrogen) atoms. The van der Waals surface area contributed by atoms with Crippen molar-refractivity contribution in [3.8, 4) is 0 Å². The molecule has 3 rings (SSSR count). The predicted octanol–water partition coefficient (Wildman–Crippen LogP) is 0.150. The summed E-state index contributed by atoms with van der Waals surface area (Å²) in [5, 5.41) is 0. The van der Waals surface area contributed by atoms with E-state index < -0.39 is 42.4 Å². The van der Waals surface area contributed by atoms with Crippen molar-refractivity contribution in [1.29, 1.82) is 0 Å². The maximum atomic E-state index is 11.6. The number of imidazole rings is 1. The van der Waals surface area contributed by atoms with Gasteiger partial charge in [-0.15, -0.1) is 0 Å². The molecule has 0 radical (unpaired) electrons. The molecule has 1 unspecified atom stereocenters. The molecule has 4 atom stereocenters. The molecular weight excluding hydrogens is 360 g/mol. The second-order valence-electron chi connectivity index (χ2n) is 5.90. The summed E-state index contributed by atoms with van der Waals surface area (Å²) < 4.78 is 23.2. The first-order valence-electron chi connectivity index (χ1n) is 8.12. The molecule has 11 nitrogen and oxygen atoms in total. The number of esters is 3. The first kappa shape index (κ1) is 18.7. The number of hydrogen-bond acceptors (Lipinski definition) is 10. The van der Waals surface area contributed by atoms with Gasteiger partial charge in [-0.3, -0.25) is 19.0 Å². The number of carbonyl (C=O) groups is 3. The fourth-order valence-corrected chi connectivity index (χ4v) is 2.89. The summed E-state index contributed by atoms with van der Waals surface area (Å²) in [4.78, 5) is 46.6. The molecule has 11 heteroatoms. The molecule has 0 aliphatic carbocycles. The number of ether oxygens (including phenoxy) is 4. The highest BCUT2D eigenvalue weighted by atomic mass is 16.7. The number of carbonyl (C=O) groups excluding carboxylic acids is 3. The minimum atomic E-state index is -0.987. The Morgan fingerprint density at radius 3 is 2.44 bits per heavy atom. The maximum Gasteiger partial charge on any atom is 0.303 e. The van der Waals surface area contributed by atoms with E-state index in [0.717, 1.165) is 0 Å². The minimum absolute atomic E-state index is 0.177. The van der Waals surface area contributed by atoms with Crippen molar-refractivity contribution in [2.45, 2.75) is 45.3 Å². The largest absolute Gasteiger partial charge is 0.463 e. The van der Waals surface area contributed by atoms with Crippen LogP contribution in [0, 0.1) is 0 Å². The van der Waals surface area contributed by atoms with Crippen LogP contribution in [0.5, 0.6) is 0 Å². The molecule has 0 N–H and O–H groups in total. The van der Waals surface area contributed by atoms with Gasteiger partial charge in [0.25, 0.3) is 0 Å². The van der Waals surface area contributed by atoms with Gasteiger partial charge < -0.3 is 18.9 Å². The maximum absolute atomic E-state index is 11.6. The standard InChI is InChI=1S/C16H18N4O7/c1-8(21)24-5-12-13(25-9(2)22)14(26-10(3)23)16(27-12)20-7-19-11-4-17-6-18-15(11)20/h4,6-7,12-14,16H,5H2,1-3H3/t12-,13+,14-,16?/m0/s1. The van der Waals surface area contributed by atoms with Gasteiger partial charge in [0.1, 0.15) is 24.6 Å². The highest BCUT2D eigenvalue weighted by molar-refractivity contribution is 5.70. The van der Waals surface area contributed by atoms with E-state index in [-0.39, 0.29) is 6.61 Å². The highest BCUT2D eigenvalue weighted by Gasteiger charge is 2.51. The van der Waals surface area contributed by atoms with E-state index >= 15 is 0 Å². The van der Waals surface area contributed by atoms with Crippen LogP contribution in [-0.2, 0) is 33.3 Å². The van der Waals surface area contributed by atoms with Gasteiger partial charge in [0.2, 0.25) is 0 Å². The van der Waals surface area contributed by atoms with Crippen molar-refractivity contribution in [2.24, 2.45) is 0 Å². The lowest BCUT2D eigenvalue weighted by molar-refractivity contribution is -0.166. The lowest BCUT2D eigenvalue weighted by Crippen LogP contribution is -2.40. The summed E-state index contributed by atoms with van der Waals surface area (Å²) in [6, 6.07) is 0. The summed E-state index contributed by atoms with van der Waals surface area (Å²) >= 11 is 0. The van der Waals surface area contributed by atoms with Gasteiger partial charge in [0.05, 0.1) is 12.5 Å². The molecule has 1 saturated heterocycles. The quantitative estimate of drug-likeness (QED) is 0.523. The Morgan fingerprint density at radius 2 is 1.78 bits per heavy atom. The minimum Gasteiger partial charge on any atom is -0.463 e. The van der Waals surface area contributed by atoms with Gasteiger partial charge in [0, 0.05) is 20.8 Å². The smallest absolute Gasteiger partial charge is 0.303 e. The Balaban J connectivity index is 1.98. The van der Waals surface area contributed by atoms with E-state index in [1.54, 1.807) is 4.57 Å². The van der Waals surface area contributed by atoms with E-state index in [4.69, 9.17) is 18.9 Å². The van der Waals surface area contributed by atoms with Crippen LogP contribution in [0.1, 0.15) is 27.0 Å². The van der Waals surface area contributed by atoms with Crippen LogP contribution in [0.15, 0.2) is 18.9 Å². The van der Waals surface area contributed by atoms with E-state index in [0.29, 0.717) is 11.2 Å². The van der Waals surface area contributed by atoms with Gasteiger partial charge in [-0.25, -0.2) is 15.0 Å². The number of aromatic nitrogens is 4. The topological polar surface area (TPSA) is 132 Å². The Morgan fingerprint density at radius 1 is 1.07 bits per heavy atom. The molecule has 2 aromatic heterocycles. The lowest BCUT2D eigenvalue weighted by atomic mass is 10.1. The Hall–Kier alpha value is -3.08. The molecular formula is C16H18N4O7. The fourth-order valence-electron chi connectivity index (χ4n) is 2.89. The van der Waals surface area contributed by atoms with Crippen LogP contribution >= 0.6 is 0 Å². The Kier molecular flexibility index (Phi) is 5.31. The third-order valence-electron chi connectivity index (χ3n) is 3.85. The summed E-state index contributed by atoms with van der Waals surface area (Å²) in [7, 11) is 0. The molecule has 0 saturated carbocycles. The normalized spacial score (nSPS) is 24.6. The van der Waals surface area contributed by atoms with Crippen molar-refractivity contribution >= 4 is 29.1 Å². The van der Waals surface area contributed by atoms with E-state index in [1.807, 2.05) is 0 Å². The zero-order chi connectivity index (χ0) is 19.6. The summed E-state index contributed by atoms with van der Waals surface area (Å²) in [6.07, 6.45) is 0.629. The van der Waals surface area contributed by atoms with E-state index in [9.17, 15) is 14.4 Å². The number of nitrogens with zero attached hydrogens (tertiary/aromatic N) is 4. The van der Waals surface area contributed by atoms with Crippen molar-refractivity contribution < 1.29 is 33.3 Å². The fraction of sp³-hybridized carbons (Fsp3) is 0.500.